The first-order valence-corrected chi connectivity index (χ1v) is 10.3. The third-order valence-electron chi connectivity index (χ3n) is 5.61. The van der Waals surface area contributed by atoms with Crippen LogP contribution in [-0.4, -0.2) is 36.1 Å². The predicted molar refractivity (Wildman–Crippen MR) is 115 cm³/mol. The van der Waals surface area contributed by atoms with Gasteiger partial charge in [0.1, 0.15) is 22.9 Å². The predicted octanol–water partition coefficient (Wildman–Crippen LogP) is 4.49. The van der Waals surface area contributed by atoms with Gasteiger partial charge in [0.15, 0.2) is 6.04 Å². The number of rotatable bonds is 6. The van der Waals surface area contributed by atoms with Crippen LogP contribution >= 0.6 is 0 Å². The molecule has 10 heteroatoms. The summed E-state index contributed by atoms with van der Waals surface area (Å²) in [7, 11) is 3.02. The summed E-state index contributed by atoms with van der Waals surface area (Å²) < 4.78 is 53.0. The van der Waals surface area contributed by atoms with Crippen LogP contribution in [0.3, 0.4) is 0 Å². The van der Waals surface area contributed by atoms with E-state index in [1.807, 2.05) is 0 Å². The van der Waals surface area contributed by atoms with Crippen LogP contribution in [0.15, 0.2) is 54.7 Å². The molecule has 2 heterocycles. The minimum atomic E-state index is -4.54. The van der Waals surface area contributed by atoms with E-state index in [2.05, 4.69) is 15.7 Å². The lowest BCUT2D eigenvalue weighted by Crippen LogP contribution is -2.36. The monoisotopic (exact) mass is 460 g/mol. The molecular weight excluding hydrogens is 437 g/mol. The van der Waals surface area contributed by atoms with Gasteiger partial charge in [-0.1, -0.05) is 30.3 Å². The average Bonchev–Trinajstić information content (AvgIpc) is 3.25. The number of anilines is 1. The first-order chi connectivity index (χ1) is 15.8. The second-order valence-electron chi connectivity index (χ2n) is 7.61. The molecule has 4 rings (SSSR count). The molecule has 0 radical (unpaired) electrons. The quantitative estimate of drug-likeness (QED) is 0.567. The number of hydrogen-bond donors (Lipinski definition) is 2. The Hall–Kier alpha value is -3.69. The molecule has 0 fully saturated rings. The Morgan fingerprint density at radius 3 is 2.55 bits per heavy atom. The summed E-state index contributed by atoms with van der Waals surface area (Å²) >= 11 is 0. The number of alkyl halides is 3. The summed E-state index contributed by atoms with van der Waals surface area (Å²) in [6.45, 7) is 0.200. The van der Waals surface area contributed by atoms with Crippen molar-refractivity contribution in [2.45, 2.75) is 31.2 Å². The fraction of sp³-hybridized carbons (Fsp3) is 0.304. The van der Waals surface area contributed by atoms with Crippen molar-refractivity contribution in [2.24, 2.45) is 0 Å². The first kappa shape index (κ1) is 22.5. The number of halogens is 3. The first-order valence-electron chi connectivity index (χ1n) is 10.3. The van der Waals surface area contributed by atoms with Crippen LogP contribution in [0.5, 0.6) is 11.5 Å². The molecule has 0 saturated carbocycles. The topological polar surface area (TPSA) is 77.4 Å². The third-order valence-corrected chi connectivity index (χ3v) is 5.61. The second kappa shape index (κ2) is 9.05. The number of ether oxygens (including phenoxy) is 2. The summed E-state index contributed by atoms with van der Waals surface area (Å²) in [5.41, 5.74) is 1.43. The number of fused-ring (bicyclic) bond motifs is 1. The fourth-order valence-electron chi connectivity index (χ4n) is 3.91. The maximum atomic E-state index is 13.9. The van der Waals surface area contributed by atoms with E-state index in [4.69, 9.17) is 9.47 Å². The number of para-hydroxylation sites is 1. The van der Waals surface area contributed by atoms with Crippen molar-refractivity contribution in [1.29, 1.82) is 0 Å². The Balaban J connectivity index is 1.61. The number of nitrogens with zero attached hydrogens (tertiary/aromatic N) is 2. The number of nitrogens with one attached hydrogen (secondary N) is 2. The van der Waals surface area contributed by atoms with Crippen molar-refractivity contribution in [3.05, 3.63) is 71.4 Å². The summed E-state index contributed by atoms with van der Waals surface area (Å²) in [6, 6.07) is 11.4. The van der Waals surface area contributed by atoms with Crippen LogP contribution in [0.1, 0.15) is 40.0 Å². The van der Waals surface area contributed by atoms with Crippen LogP contribution in [0.2, 0.25) is 0 Å². The number of benzene rings is 2. The highest BCUT2D eigenvalue weighted by molar-refractivity contribution is 5.98. The minimum absolute atomic E-state index is 0.0201. The zero-order valence-electron chi connectivity index (χ0n) is 18.0. The van der Waals surface area contributed by atoms with Crippen molar-refractivity contribution in [2.75, 3.05) is 19.5 Å². The van der Waals surface area contributed by atoms with E-state index < -0.39 is 24.2 Å². The largest absolute Gasteiger partial charge is 0.497 e. The van der Waals surface area contributed by atoms with Gasteiger partial charge in [-0.05, 0) is 23.8 Å². The Morgan fingerprint density at radius 1 is 1.15 bits per heavy atom. The summed E-state index contributed by atoms with van der Waals surface area (Å²) in [5.74, 6) is 0.642. The molecule has 0 spiro atoms. The number of amides is 1. The molecule has 33 heavy (non-hydrogen) atoms. The maximum Gasteiger partial charge on any atom is 0.410 e. The van der Waals surface area contributed by atoms with E-state index in [-0.39, 0.29) is 24.3 Å². The van der Waals surface area contributed by atoms with Gasteiger partial charge in [0.25, 0.3) is 5.91 Å². The van der Waals surface area contributed by atoms with E-state index in [0.29, 0.717) is 17.1 Å². The maximum absolute atomic E-state index is 13.9. The van der Waals surface area contributed by atoms with Crippen LogP contribution in [0.4, 0.5) is 19.0 Å². The minimum Gasteiger partial charge on any atom is -0.497 e. The molecule has 2 atom stereocenters. The van der Waals surface area contributed by atoms with Gasteiger partial charge < -0.3 is 20.1 Å². The number of aromatic nitrogens is 2. The van der Waals surface area contributed by atoms with Gasteiger partial charge in [-0.25, -0.2) is 4.68 Å². The molecule has 0 aliphatic carbocycles. The normalized spacial score (nSPS) is 17.6. The Bertz CT molecular complexity index is 1130. The second-order valence-corrected chi connectivity index (χ2v) is 7.61. The summed E-state index contributed by atoms with van der Waals surface area (Å²) in [6.07, 6.45) is -3.67. The van der Waals surface area contributed by atoms with Gasteiger partial charge in [-0.2, -0.15) is 18.3 Å². The standard InChI is InChI=1S/C23H23F3N4O3/c1-32-15-9-7-14(8-10-15)12-27-22(31)17-13-28-30-20(23(24,25)26)11-18(29-21(17)30)16-5-3-4-6-19(16)33-2/h3-10,13,18,20,29H,11-12H2,1-2H3,(H,27,31)/t18-,20-/m1/s1. The van der Waals surface area contributed by atoms with Crippen molar-refractivity contribution in [3.63, 3.8) is 0 Å². The molecule has 1 aromatic heterocycles. The van der Waals surface area contributed by atoms with E-state index in [9.17, 15) is 18.0 Å². The van der Waals surface area contributed by atoms with Crippen molar-refractivity contribution < 1.29 is 27.4 Å². The SMILES string of the molecule is COc1ccc(CNC(=O)c2cnn3c2N[C@@H](c2ccccc2OC)C[C@@H]3C(F)(F)F)cc1. The highest BCUT2D eigenvalue weighted by atomic mass is 19.4. The number of carbonyl (C=O) groups is 1. The van der Waals surface area contributed by atoms with Crippen LogP contribution in [-0.2, 0) is 6.54 Å². The molecule has 1 amide bonds. The van der Waals surface area contributed by atoms with Crippen molar-refractivity contribution >= 4 is 11.7 Å². The molecule has 0 saturated heterocycles. The van der Waals surface area contributed by atoms with E-state index in [0.717, 1.165) is 16.4 Å². The highest BCUT2D eigenvalue weighted by Gasteiger charge is 2.47. The van der Waals surface area contributed by atoms with Gasteiger partial charge in [0.05, 0.1) is 26.5 Å². The summed E-state index contributed by atoms with van der Waals surface area (Å²) in [5, 5.41) is 9.72. The van der Waals surface area contributed by atoms with Gasteiger partial charge >= 0.3 is 6.18 Å². The smallest absolute Gasteiger partial charge is 0.410 e. The Morgan fingerprint density at radius 2 is 1.88 bits per heavy atom. The van der Waals surface area contributed by atoms with Crippen LogP contribution < -0.4 is 20.1 Å². The lowest BCUT2D eigenvalue weighted by Gasteiger charge is -2.34. The molecule has 2 aromatic carbocycles. The molecule has 1 aliphatic rings. The van der Waals surface area contributed by atoms with Gasteiger partial charge in [0, 0.05) is 18.5 Å². The molecular formula is C23H23F3N4O3. The van der Waals surface area contributed by atoms with Gasteiger partial charge in [0.2, 0.25) is 0 Å². The lowest BCUT2D eigenvalue weighted by molar-refractivity contribution is -0.173. The molecule has 0 unspecified atom stereocenters. The highest BCUT2D eigenvalue weighted by Crippen LogP contribution is 2.45. The average molecular weight is 460 g/mol. The molecule has 1 aliphatic heterocycles. The van der Waals surface area contributed by atoms with E-state index >= 15 is 0 Å². The number of methoxy groups -OCH3 is 2. The van der Waals surface area contributed by atoms with Gasteiger partial charge in [-0.3, -0.25) is 4.79 Å². The van der Waals surface area contributed by atoms with Crippen LogP contribution in [0.25, 0.3) is 0 Å². The zero-order valence-corrected chi connectivity index (χ0v) is 18.0. The van der Waals surface area contributed by atoms with E-state index in [1.54, 1.807) is 55.6 Å². The zero-order chi connectivity index (χ0) is 23.6. The lowest BCUT2D eigenvalue weighted by atomic mass is 9.95. The third kappa shape index (κ3) is 4.59. The molecule has 3 aromatic rings. The summed E-state index contributed by atoms with van der Waals surface area (Å²) in [4.78, 5) is 12.9. The number of hydrogen-bond acceptors (Lipinski definition) is 5. The molecule has 7 nitrogen and oxygen atoms in total. The van der Waals surface area contributed by atoms with Crippen LogP contribution in [0, 0.1) is 0 Å². The van der Waals surface area contributed by atoms with E-state index in [1.165, 1.54) is 7.11 Å². The Kier molecular flexibility index (Phi) is 6.17. The van der Waals surface area contributed by atoms with Crippen molar-refractivity contribution in [1.82, 2.24) is 15.1 Å². The molecule has 2 N–H and O–H groups in total. The fourth-order valence-corrected chi connectivity index (χ4v) is 3.91. The Labute approximate surface area is 188 Å². The number of carbonyl (C=O) groups excluding carboxylic acids is 1. The molecule has 174 valence electrons. The van der Waals surface area contributed by atoms with Crippen molar-refractivity contribution in [3.8, 4) is 11.5 Å². The van der Waals surface area contributed by atoms with Gasteiger partial charge in [-0.15, -0.1) is 0 Å². The molecule has 0 bridgehead atoms.